The van der Waals surface area contributed by atoms with Gasteiger partial charge in [0.2, 0.25) is 0 Å². The molecular weight excluding hydrogens is 352 g/mol. The van der Waals surface area contributed by atoms with Gasteiger partial charge in [0.15, 0.2) is 0 Å². The van der Waals surface area contributed by atoms with Crippen LogP contribution in [0, 0.1) is 0 Å². The first kappa shape index (κ1) is 20.0. The van der Waals surface area contributed by atoms with E-state index in [0.717, 1.165) is 44.7 Å². The van der Waals surface area contributed by atoms with Gasteiger partial charge in [0.1, 0.15) is 5.75 Å². The van der Waals surface area contributed by atoms with Crippen molar-refractivity contribution in [3.05, 3.63) is 23.2 Å². The molecule has 26 heavy (non-hydrogen) atoms. The van der Waals surface area contributed by atoms with Crippen molar-refractivity contribution in [2.45, 2.75) is 45.3 Å². The van der Waals surface area contributed by atoms with Crippen LogP contribution in [0.2, 0.25) is 5.02 Å². The molecule has 0 aliphatic carbocycles. The SMILES string of the molecule is CC1(C)OB(c2cccc(OCCCN3CCOCC3)c2Cl)OC1(C)C. The number of rotatable bonds is 6. The highest BCUT2D eigenvalue weighted by Crippen LogP contribution is 2.37. The Balaban J connectivity index is 1.57. The summed E-state index contributed by atoms with van der Waals surface area (Å²) in [5.41, 5.74) is 0.0301. The van der Waals surface area contributed by atoms with Crippen LogP contribution in [-0.4, -0.2) is 62.7 Å². The van der Waals surface area contributed by atoms with Gasteiger partial charge in [-0.05, 0) is 40.2 Å². The Morgan fingerprint density at radius 2 is 1.77 bits per heavy atom. The molecule has 0 spiro atoms. The normalized spacial score (nSPS) is 22.6. The molecule has 2 fully saturated rings. The number of morpholine rings is 1. The van der Waals surface area contributed by atoms with E-state index in [4.69, 9.17) is 30.4 Å². The zero-order chi connectivity index (χ0) is 18.8. The summed E-state index contributed by atoms with van der Waals surface area (Å²) >= 11 is 6.59. The van der Waals surface area contributed by atoms with Gasteiger partial charge in [-0.2, -0.15) is 0 Å². The van der Waals surface area contributed by atoms with E-state index in [2.05, 4.69) is 4.90 Å². The van der Waals surface area contributed by atoms with Crippen LogP contribution in [0.25, 0.3) is 0 Å². The standard InChI is InChI=1S/C19H29BClNO4/c1-18(2)19(3,4)26-20(25-18)15-7-5-8-16(17(15)21)24-12-6-9-22-10-13-23-14-11-22/h5,7-8H,6,9-14H2,1-4H3. The molecule has 144 valence electrons. The molecule has 0 atom stereocenters. The van der Waals surface area contributed by atoms with Gasteiger partial charge < -0.3 is 18.8 Å². The number of hydrogen-bond acceptors (Lipinski definition) is 5. The Hall–Kier alpha value is -0.785. The second-order valence-corrected chi connectivity index (χ2v) is 8.28. The first-order valence-corrected chi connectivity index (χ1v) is 9.75. The monoisotopic (exact) mass is 381 g/mol. The van der Waals surface area contributed by atoms with E-state index in [0.29, 0.717) is 17.4 Å². The van der Waals surface area contributed by atoms with Gasteiger partial charge in [-0.25, -0.2) is 0 Å². The van der Waals surface area contributed by atoms with Gasteiger partial charge in [-0.3, -0.25) is 4.90 Å². The molecule has 0 N–H and O–H groups in total. The molecule has 7 heteroatoms. The summed E-state index contributed by atoms with van der Waals surface area (Å²) < 4.78 is 23.5. The minimum atomic E-state index is -0.482. The molecule has 2 aliphatic heterocycles. The minimum absolute atomic E-state index is 0.393. The highest BCUT2D eigenvalue weighted by molar-refractivity contribution is 6.66. The van der Waals surface area contributed by atoms with Crippen molar-refractivity contribution >= 4 is 24.2 Å². The van der Waals surface area contributed by atoms with Gasteiger partial charge in [-0.1, -0.05) is 23.7 Å². The lowest BCUT2D eigenvalue weighted by Gasteiger charge is -2.32. The van der Waals surface area contributed by atoms with E-state index in [-0.39, 0.29) is 0 Å². The van der Waals surface area contributed by atoms with Crippen LogP contribution in [0.15, 0.2) is 18.2 Å². The third-order valence-electron chi connectivity index (χ3n) is 5.48. The molecule has 2 heterocycles. The molecule has 0 aromatic heterocycles. The van der Waals surface area contributed by atoms with Crippen LogP contribution < -0.4 is 10.2 Å². The van der Waals surface area contributed by atoms with Gasteiger partial charge in [0.25, 0.3) is 0 Å². The van der Waals surface area contributed by atoms with Gasteiger partial charge in [-0.15, -0.1) is 0 Å². The molecule has 5 nitrogen and oxygen atoms in total. The van der Waals surface area contributed by atoms with Crippen molar-refractivity contribution in [2.75, 3.05) is 39.5 Å². The number of ether oxygens (including phenoxy) is 2. The quantitative estimate of drug-likeness (QED) is 0.560. The average Bonchev–Trinajstić information content (AvgIpc) is 2.81. The molecule has 2 aliphatic rings. The predicted octanol–water partition coefficient (Wildman–Crippen LogP) is 2.74. The summed E-state index contributed by atoms with van der Waals surface area (Å²) in [4.78, 5) is 2.40. The van der Waals surface area contributed by atoms with Crippen LogP contribution in [0.4, 0.5) is 0 Å². The maximum absolute atomic E-state index is 6.59. The van der Waals surface area contributed by atoms with Gasteiger partial charge >= 0.3 is 7.12 Å². The van der Waals surface area contributed by atoms with Crippen molar-refractivity contribution in [2.24, 2.45) is 0 Å². The van der Waals surface area contributed by atoms with Gasteiger partial charge in [0, 0.05) is 25.1 Å². The molecule has 0 unspecified atom stereocenters. The van der Waals surface area contributed by atoms with Crippen LogP contribution >= 0.6 is 11.6 Å². The first-order valence-electron chi connectivity index (χ1n) is 9.37. The summed E-state index contributed by atoms with van der Waals surface area (Å²) in [6.45, 7) is 13.4. The maximum Gasteiger partial charge on any atom is 0.496 e. The number of hydrogen-bond donors (Lipinski definition) is 0. The van der Waals surface area contributed by atoms with Crippen molar-refractivity contribution in [1.29, 1.82) is 0 Å². The van der Waals surface area contributed by atoms with Crippen LogP contribution in [0.5, 0.6) is 5.75 Å². The van der Waals surface area contributed by atoms with E-state index < -0.39 is 18.3 Å². The minimum Gasteiger partial charge on any atom is -0.492 e. The maximum atomic E-state index is 6.59. The summed E-state index contributed by atoms with van der Waals surface area (Å²) in [6, 6.07) is 5.76. The lowest BCUT2D eigenvalue weighted by Crippen LogP contribution is -2.41. The Morgan fingerprint density at radius 3 is 2.42 bits per heavy atom. The second kappa shape index (κ2) is 8.07. The fourth-order valence-electron chi connectivity index (χ4n) is 3.09. The summed E-state index contributed by atoms with van der Waals surface area (Å²) in [6.07, 6.45) is 0.955. The molecule has 3 rings (SSSR count). The van der Waals surface area contributed by atoms with E-state index in [1.807, 2.05) is 45.9 Å². The highest BCUT2D eigenvalue weighted by atomic mass is 35.5. The summed E-state index contributed by atoms with van der Waals surface area (Å²) in [5.74, 6) is 0.681. The number of nitrogens with zero attached hydrogens (tertiary/aromatic N) is 1. The van der Waals surface area contributed by atoms with E-state index in [1.165, 1.54) is 0 Å². The van der Waals surface area contributed by atoms with E-state index in [9.17, 15) is 0 Å². The Labute approximate surface area is 162 Å². The second-order valence-electron chi connectivity index (χ2n) is 7.90. The number of halogens is 1. The fourth-order valence-corrected chi connectivity index (χ4v) is 3.36. The van der Waals surface area contributed by atoms with Crippen molar-refractivity contribution in [1.82, 2.24) is 4.90 Å². The number of benzene rings is 1. The molecule has 0 saturated carbocycles. The zero-order valence-corrected chi connectivity index (χ0v) is 17.0. The molecule has 0 amide bonds. The highest BCUT2D eigenvalue weighted by Gasteiger charge is 2.52. The molecule has 1 aromatic rings. The zero-order valence-electron chi connectivity index (χ0n) is 16.2. The van der Waals surface area contributed by atoms with Crippen molar-refractivity contribution < 1.29 is 18.8 Å². The summed E-state index contributed by atoms with van der Waals surface area (Å²) in [7, 11) is -0.482. The first-order chi connectivity index (χ1) is 12.3. The van der Waals surface area contributed by atoms with Gasteiger partial charge in [0.05, 0.1) is 36.0 Å². The average molecular weight is 382 g/mol. The Morgan fingerprint density at radius 1 is 1.12 bits per heavy atom. The molecule has 0 bridgehead atoms. The fraction of sp³-hybridized carbons (Fsp3) is 0.684. The largest absolute Gasteiger partial charge is 0.496 e. The summed E-state index contributed by atoms with van der Waals surface area (Å²) in [5, 5.41) is 0.567. The predicted molar refractivity (Wildman–Crippen MR) is 105 cm³/mol. The molecule has 1 aromatic carbocycles. The molecule has 2 saturated heterocycles. The van der Waals surface area contributed by atoms with Crippen LogP contribution in [0.1, 0.15) is 34.1 Å². The third kappa shape index (κ3) is 4.37. The molecular formula is C19H29BClNO4. The van der Waals surface area contributed by atoms with E-state index in [1.54, 1.807) is 0 Å². The third-order valence-corrected chi connectivity index (χ3v) is 5.88. The van der Waals surface area contributed by atoms with Crippen LogP contribution in [-0.2, 0) is 14.0 Å². The molecule has 0 radical (unpaired) electrons. The Kier molecular flexibility index (Phi) is 6.20. The lowest BCUT2D eigenvalue weighted by atomic mass is 9.79. The van der Waals surface area contributed by atoms with Crippen LogP contribution in [0.3, 0.4) is 0 Å². The Bertz CT molecular complexity index is 604. The van der Waals surface area contributed by atoms with Crippen molar-refractivity contribution in [3.63, 3.8) is 0 Å². The topological polar surface area (TPSA) is 40.2 Å². The van der Waals surface area contributed by atoms with Crippen molar-refractivity contribution in [3.8, 4) is 5.75 Å². The van der Waals surface area contributed by atoms with E-state index >= 15 is 0 Å². The smallest absolute Gasteiger partial charge is 0.492 e. The lowest BCUT2D eigenvalue weighted by molar-refractivity contribution is 0.00578.